The quantitative estimate of drug-likeness (QED) is 0.713. The summed E-state index contributed by atoms with van der Waals surface area (Å²) in [5, 5.41) is 9.18. The molecule has 0 aliphatic rings. The minimum absolute atomic E-state index is 0.0856. The molecule has 0 saturated carbocycles. The number of anilines is 1. The Kier molecular flexibility index (Phi) is 7.05. The van der Waals surface area contributed by atoms with Crippen molar-refractivity contribution < 1.29 is 14.3 Å². The van der Waals surface area contributed by atoms with Crippen LogP contribution in [-0.2, 0) is 14.3 Å². The molecular weight excluding hydrogens is 324 g/mol. The van der Waals surface area contributed by atoms with Gasteiger partial charge in [-0.25, -0.2) is 0 Å². The van der Waals surface area contributed by atoms with E-state index in [0.29, 0.717) is 31.0 Å². The first-order valence-corrected chi connectivity index (χ1v) is 7.00. The maximum Gasteiger partial charge on any atom is 0.325 e. The van der Waals surface area contributed by atoms with Crippen LogP contribution in [0, 0.1) is 11.3 Å². The molecule has 0 radical (unpaired) electrons. The van der Waals surface area contributed by atoms with Crippen molar-refractivity contribution in [1.29, 1.82) is 5.26 Å². The maximum atomic E-state index is 11.7. The topological polar surface area (TPSA) is 62.6 Å². The third-order valence-corrected chi connectivity index (χ3v) is 3.10. The summed E-state index contributed by atoms with van der Waals surface area (Å²) in [4.78, 5) is 13.5. The molecular formula is C14H17BrN2O3. The summed E-state index contributed by atoms with van der Waals surface area (Å²) >= 11 is 3.38. The van der Waals surface area contributed by atoms with Crippen LogP contribution in [0.5, 0.6) is 0 Å². The highest BCUT2D eigenvalue weighted by atomic mass is 79.9. The van der Waals surface area contributed by atoms with Gasteiger partial charge in [0.15, 0.2) is 0 Å². The third-order valence-electron chi connectivity index (χ3n) is 2.61. The maximum absolute atomic E-state index is 11.7. The normalized spacial score (nSPS) is 9.90. The number of esters is 1. The van der Waals surface area contributed by atoms with Gasteiger partial charge in [0.25, 0.3) is 0 Å². The Hall–Kier alpha value is -1.58. The predicted molar refractivity (Wildman–Crippen MR) is 79.6 cm³/mol. The van der Waals surface area contributed by atoms with Gasteiger partial charge in [0, 0.05) is 18.1 Å². The van der Waals surface area contributed by atoms with Crippen LogP contribution in [0.4, 0.5) is 5.69 Å². The van der Waals surface area contributed by atoms with Gasteiger partial charge in [-0.2, -0.15) is 5.26 Å². The van der Waals surface area contributed by atoms with Gasteiger partial charge in [0.05, 0.1) is 24.5 Å². The van der Waals surface area contributed by atoms with Gasteiger partial charge in [0.1, 0.15) is 12.6 Å². The van der Waals surface area contributed by atoms with E-state index < -0.39 is 0 Å². The number of benzene rings is 1. The van der Waals surface area contributed by atoms with E-state index in [0.717, 1.165) is 4.47 Å². The summed E-state index contributed by atoms with van der Waals surface area (Å²) in [5.74, 6) is -0.326. The lowest BCUT2D eigenvalue weighted by atomic mass is 10.1. The highest BCUT2D eigenvalue weighted by molar-refractivity contribution is 9.10. The molecule has 0 amide bonds. The zero-order chi connectivity index (χ0) is 15.0. The van der Waals surface area contributed by atoms with Crippen molar-refractivity contribution in [2.75, 3.05) is 38.3 Å². The summed E-state index contributed by atoms with van der Waals surface area (Å²) in [7, 11) is 1.59. The second kappa shape index (κ2) is 8.56. The molecule has 0 bridgehead atoms. The van der Waals surface area contributed by atoms with Crippen LogP contribution in [0.1, 0.15) is 12.5 Å². The first-order valence-electron chi connectivity index (χ1n) is 6.21. The van der Waals surface area contributed by atoms with Crippen molar-refractivity contribution >= 4 is 27.6 Å². The van der Waals surface area contributed by atoms with Crippen LogP contribution in [0.25, 0.3) is 0 Å². The molecule has 0 spiro atoms. The van der Waals surface area contributed by atoms with E-state index >= 15 is 0 Å². The molecule has 0 aromatic heterocycles. The van der Waals surface area contributed by atoms with Gasteiger partial charge in [0.2, 0.25) is 0 Å². The predicted octanol–water partition coefficient (Wildman–Crippen LogP) is 2.34. The summed E-state index contributed by atoms with van der Waals surface area (Å²) in [6, 6.07) is 7.45. The molecule has 0 aliphatic carbocycles. The summed E-state index contributed by atoms with van der Waals surface area (Å²) in [6.07, 6.45) is 0. The summed E-state index contributed by atoms with van der Waals surface area (Å²) in [5.41, 5.74) is 1.19. The molecule has 6 heteroatoms. The molecule has 0 unspecified atom stereocenters. The minimum atomic E-state index is -0.326. The highest BCUT2D eigenvalue weighted by Crippen LogP contribution is 2.24. The number of ether oxygens (including phenoxy) is 2. The van der Waals surface area contributed by atoms with Crippen LogP contribution in [0.15, 0.2) is 22.7 Å². The fraction of sp³-hybridized carbons (Fsp3) is 0.429. The number of hydrogen-bond donors (Lipinski definition) is 0. The standard InChI is InChI=1S/C14H17BrN2O3/c1-3-20-14(18)10-17(6-7-19-2)13-8-12(15)5-4-11(13)9-16/h4-5,8H,3,6-7,10H2,1-2H3. The van der Waals surface area contributed by atoms with Gasteiger partial charge in [-0.3, -0.25) is 4.79 Å². The Labute approximate surface area is 127 Å². The van der Waals surface area contributed by atoms with Gasteiger partial charge < -0.3 is 14.4 Å². The Morgan fingerprint density at radius 2 is 2.25 bits per heavy atom. The molecule has 1 aromatic rings. The number of methoxy groups -OCH3 is 1. The molecule has 108 valence electrons. The van der Waals surface area contributed by atoms with Crippen molar-refractivity contribution in [3.63, 3.8) is 0 Å². The van der Waals surface area contributed by atoms with Crippen LogP contribution in [0.2, 0.25) is 0 Å². The lowest BCUT2D eigenvalue weighted by Gasteiger charge is -2.24. The molecule has 20 heavy (non-hydrogen) atoms. The van der Waals surface area contributed by atoms with E-state index in [1.807, 2.05) is 6.07 Å². The number of halogens is 1. The van der Waals surface area contributed by atoms with Crippen LogP contribution >= 0.6 is 15.9 Å². The summed E-state index contributed by atoms with van der Waals surface area (Å²) in [6.45, 7) is 3.14. The number of rotatable bonds is 7. The molecule has 0 N–H and O–H groups in total. The zero-order valence-electron chi connectivity index (χ0n) is 11.6. The Balaban J connectivity index is 3.00. The van der Waals surface area contributed by atoms with Crippen molar-refractivity contribution in [3.8, 4) is 6.07 Å². The number of nitriles is 1. The van der Waals surface area contributed by atoms with Crippen molar-refractivity contribution in [2.45, 2.75) is 6.92 Å². The number of carbonyl (C=O) groups is 1. The van der Waals surface area contributed by atoms with Gasteiger partial charge >= 0.3 is 5.97 Å². The first-order chi connectivity index (χ1) is 9.62. The molecule has 1 rings (SSSR count). The minimum Gasteiger partial charge on any atom is -0.465 e. The SMILES string of the molecule is CCOC(=O)CN(CCOC)c1cc(Br)ccc1C#N. The molecule has 5 nitrogen and oxygen atoms in total. The highest BCUT2D eigenvalue weighted by Gasteiger charge is 2.16. The van der Waals surface area contributed by atoms with E-state index in [1.54, 1.807) is 31.1 Å². The molecule has 0 saturated heterocycles. The first kappa shape index (κ1) is 16.5. The second-order valence-electron chi connectivity index (χ2n) is 3.99. The fourth-order valence-electron chi connectivity index (χ4n) is 1.71. The largest absolute Gasteiger partial charge is 0.465 e. The average Bonchev–Trinajstić information content (AvgIpc) is 2.43. The molecule has 0 fully saturated rings. The van der Waals surface area contributed by atoms with E-state index in [9.17, 15) is 10.1 Å². The third kappa shape index (κ3) is 4.83. The van der Waals surface area contributed by atoms with Crippen molar-refractivity contribution in [1.82, 2.24) is 0 Å². The van der Waals surface area contributed by atoms with Crippen molar-refractivity contribution in [2.24, 2.45) is 0 Å². The molecule has 0 atom stereocenters. The Bertz CT molecular complexity index is 500. The monoisotopic (exact) mass is 340 g/mol. The van der Waals surface area contributed by atoms with Crippen LogP contribution < -0.4 is 4.90 Å². The lowest BCUT2D eigenvalue weighted by Crippen LogP contribution is -2.34. The smallest absolute Gasteiger partial charge is 0.325 e. The number of nitrogens with zero attached hydrogens (tertiary/aromatic N) is 2. The van der Waals surface area contributed by atoms with Gasteiger partial charge in [-0.05, 0) is 25.1 Å². The molecule has 0 aliphatic heterocycles. The van der Waals surface area contributed by atoms with Crippen LogP contribution in [0.3, 0.4) is 0 Å². The van der Waals surface area contributed by atoms with E-state index in [2.05, 4.69) is 22.0 Å². The Morgan fingerprint density at radius 1 is 1.50 bits per heavy atom. The van der Waals surface area contributed by atoms with E-state index in [4.69, 9.17) is 9.47 Å². The van der Waals surface area contributed by atoms with E-state index in [1.165, 1.54) is 0 Å². The van der Waals surface area contributed by atoms with Gasteiger partial charge in [-0.1, -0.05) is 15.9 Å². The molecule has 1 aromatic carbocycles. The second-order valence-corrected chi connectivity index (χ2v) is 4.91. The number of carbonyl (C=O) groups excluding carboxylic acids is 1. The Morgan fingerprint density at radius 3 is 2.85 bits per heavy atom. The van der Waals surface area contributed by atoms with Gasteiger partial charge in [-0.15, -0.1) is 0 Å². The number of hydrogen-bond acceptors (Lipinski definition) is 5. The fourth-order valence-corrected chi connectivity index (χ4v) is 2.06. The zero-order valence-corrected chi connectivity index (χ0v) is 13.1. The van der Waals surface area contributed by atoms with Crippen LogP contribution in [-0.4, -0.2) is 39.4 Å². The summed E-state index contributed by atoms with van der Waals surface area (Å²) < 4.78 is 10.9. The molecule has 0 heterocycles. The average molecular weight is 341 g/mol. The van der Waals surface area contributed by atoms with Crippen molar-refractivity contribution in [3.05, 3.63) is 28.2 Å². The van der Waals surface area contributed by atoms with E-state index in [-0.39, 0.29) is 12.5 Å². The lowest BCUT2D eigenvalue weighted by molar-refractivity contribution is -0.141.